The molecule has 0 saturated carbocycles. The van der Waals surface area contributed by atoms with Gasteiger partial charge in [-0.25, -0.2) is 4.79 Å². The maximum atomic E-state index is 12.3. The summed E-state index contributed by atoms with van der Waals surface area (Å²) in [6.07, 6.45) is 4.51. The highest BCUT2D eigenvalue weighted by molar-refractivity contribution is 8.01. The molecular formula is C23H33N3O4S. The Kier molecular flexibility index (Phi) is 7.64. The lowest BCUT2D eigenvalue weighted by molar-refractivity contribution is -0.161. The van der Waals surface area contributed by atoms with Crippen LogP contribution >= 0.6 is 11.8 Å². The molecule has 3 saturated heterocycles. The summed E-state index contributed by atoms with van der Waals surface area (Å²) >= 11 is 1.42. The maximum absolute atomic E-state index is 12.3. The second-order valence-electron chi connectivity index (χ2n) is 8.80. The Morgan fingerprint density at radius 3 is 2.35 bits per heavy atom. The summed E-state index contributed by atoms with van der Waals surface area (Å²) < 4.78 is -0.578. The first-order chi connectivity index (χ1) is 14.7. The highest BCUT2D eigenvalue weighted by Crippen LogP contribution is 2.50. The smallest absolute Gasteiger partial charge is 0.327 e. The molecule has 3 fully saturated rings. The fourth-order valence-electron chi connectivity index (χ4n) is 4.43. The van der Waals surface area contributed by atoms with Crippen molar-refractivity contribution in [1.82, 2.24) is 15.1 Å². The first-order valence-corrected chi connectivity index (χ1v) is 11.9. The summed E-state index contributed by atoms with van der Waals surface area (Å²) in [5, 5.41) is 11.8. The summed E-state index contributed by atoms with van der Waals surface area (Å²) in [6.45, 7) is 9.80. The number of carboxylic acid groups (broad SMARTS) is 1. The lowest BCUT2D eigenvalue weighted by atomic mass is 9.96. The molecule has 4 rings (SSSR count). The number of likely N-dealkylation sites (tertiary alicyclic amines) is 1. The van der Waals surface area contributed by atoms with Gasteiger partial charge >= 0.3 is 5.97 Å². The SMILES string of the molecule is CC1(C)SC2C(NC(=O)Cc3ccccc3)C(=O)N2C1C(=O)O.CCN1CCCCC1. The zero-order chi connectivity index (χ0) is 22.6. The molecule has 1 aromatic carbocycles. The van der Waals surface area contributed by atoms with Crippen LogP contribution in [0.4, 0.5) is 0 Å². The van der Waals surface area contributed by atoms with Crippen molar-refractivity contribution >= 4 is 29.5 Å². The van der Waals surface area contributed by atoms with Crippen molar-refractivity contribution in [3.63, 3.8) is 0 Å². The first-order valence-electron chi connectivity index (χ1n) is 11.0. The number of rotatable bonds is 5. The van der Waals surface area contributed by atoms with E-state index in [2.05, 4.69) is 17.1 Å². The average molecular weight is 448 g/mol. The third-order valence-corrected chi connectivity index (χ3v) is 7.67. The number of nitrogens with one attached hydrogen (secondary N) is 1. The predicted octanol–water partition coefficient (Wildman–Crippen LogP) is 2.35. The Labute approximate surface area is 188 Å². The van der Waals surface area contributed by atoms with E-state index in [9.17, 15) is 19.5 Å². The number of carboxylic acids is 1. The van der Waals surface area contributed by atoms with Gasteiger partial charge in [-0.2, -0.15) is 0 Å². The van der Waals surface area contributed by atoms with Crippen LogP contribution in [0.3, 0.4) is 0 Å². The van der Waals surface area contributed by atoms with Gasteiger partial charge in [-0.05, 0) is 51.9 Å². The van der Waals surface area contributed by atoms with E-state index in [-0.39, 0.29) is 23.6 Å². The predicted molar refractivity (Wildman–Crippen MR) is 122 cm³/mol. The van der Waals surface area contributed by atoms with Crippen molar-refractivity contribution in [2.75, 3.05) is 19.6 Å². The zero-order valence-corrected chi connectivity index (χ0v) is 19.4. The minimum absolute atomic E-state index is 0.202. The van der Waals surface area contributed by atoms with E-state index >= 15 is 0 Å². The fraction of sp³-hybridized carbons (Fsp3) is 0.609. The van der Waals surface area contributed by atoms with Crippen molar-refractivity contribution in [2.45, 2.75) is 68.7 Å². The van der Waals surface area contributed by atoms with Crippen LogP contribution in [0.5, 0.6) is 0 Å². The quantitative estimate of drug-likeness (QED) is 0.674. The van der Waals surface area contributed by atoms with Gasteiger partial charge in [0.15, 0.2) is 0 Å². The minimum atomic E-state index is -1.01. The number of fused-ring (bicyclic) bond motifs is 1. The number of aliphatic carboxylic acids is 1. The standard InChI is InChI=1S/C16H18N2O4S.C7H15N/c1-16(2)12(15(21)22)18-13(20)11(14(18)23-16)17-10(19)8-9-6-4-3-5-7-9;1-2-8-6-4-3-5-7-8/h3-7,11-12,14H,8H2,1-2H3,(H,17,19)(H,21,22);2-7H2,1H3. The van der Waals surface area contributed by atoms with Crippen LogP contribution in [-0.4, -0.2) is 74.5 Å². The van der Waals surface area contributed by atoms with E-state index in [1.165, 1.54) is 55.6 Å². The van der Waals surface area contributed by atoms with Gasteiger partial charge in [0.25, 0.3) is 0 Å². The Balaban J connectivity index is 0.000000287. The third kappa shape index (κ3) is 5.41. The molecule has 2 N–H and O–H groups in total. The summed E-state index contributed by atoms with van der Waals surface area (Å²) in [7, 11) is 0. The van der Waals surface area contributed by atoms with Crippen LogP contribution in [0.25, 0.3) is 0 Å². The molecule has 3 aliphatic rings. The average Bonchev–Trinajstić information content (AvgIpc) is 3.02. The van der Waals surface area contributed by atoms with Gasteiger partial charge in [0.2, 0.25) is 11.8 Å². The number of amides is 2. The molecule has 0 aromatic heterocycles. The molecule has 3 atom stereocenters. The highest BCUT2D eigenvalue weighted by Gasteiger charge is 2.64. The molecule has 0 aliphatic carbocycles. The lowest BCUT2D eigenvalue weighted by Crippen LogP contribution is -2.70. The summed E-state index contributed by atoms with van der Waals surface area (Å²) in [5.74, 6) is -1.55. The van der Waals surface area contributed by atoms with Crippen molar-refractivity contribution in [3.05, 3.63) is 35.9 Å². The van der Waals surface area contributed by atoms with Crippen molar-refractivity contribution < 1.29 is 19.5 Å². The Bertz CT molecular complexity index is 795. The molecule has 3 aliphatic heterocycles. The largest absolute Gasteiger partial charge is 0.480 e. The molecule has 0 spiro atoms. The van der Waals surface area contributed by atoms with Gasteiger partial charge in [-0.3, -0.25) is 9.59 Å². The molecule has 8 heteroatoms. The van der Waals surface area contributed by atoms with Crippen molar-refractivity contribution in [1.29, 1.82) is 0 Å². The van der Waals surface area contributed by atoms with E-state index in [4.69, 9.17) is 0 Å². The molecule has 7 nitrogen and oxygen atoms in total. The molecule has 0 bridgehead atoms. The van der Waals surface area contributed by atoms with E-state index < -0.39 is 22.8 Å². The fourth-order valence-corrected chi connectivity index (χ4v) is 6.05. The minimum Gasteiger partial charge on any atom is -0.480 e. The van der Waals surface area contributed by atoms with Gasteiger partial charge in [-0.1, -0.05) is 43.7 Å². The van der Waals surface area contributed by atoms with Gasteiger partial charge in [0.1, 0.15) is 17.5 Å². The van der Waals surface area contributed by atoms with Crippen LogP contribution in [0.1, 0.15) is 45.6 Å². The van der Waals surface area contributed by atoms with Crippen molar-refractivity contribution in [2.24, 2.45) is 0 Å². The highest BCUT2D eigenvalue weighted by atomic mass is 32.2. The topological polar surface area (TPSA) is 90.0 Å². The Hall–Kier alpha value is -2.06. The molecule has 170 valence electrons. The van der Waals surface area contributed by atoms with Gasteiger partial charge in [0.05, 0.1) is 6.42 Å². The summed E-state index contributed by atoms with van der Waals surface area (Å²) in [6, 6.07) is 7.78. The normalized spacial score (nSPS) is 26.9. The first kappa shape index (κ1) is 23.6. The molecule has 31 heavy (non-hydrogen) atoms. The van der Waals surface area contributed by atoms with Crippen LogP contribution in [-0.2, 0) is 20.8 Å². The number of hydrogen-bond acceptors (Lipinski definition) is 5. The van der Waals surface area contributed by atoms with Crippen LogP contribution < -0.4 is 5.32 Å². The maximum Gasteiger partial charge on any atom is 0.327 e. The van der Waals surface area contributed by atoms with Crippen molar-refractivity contribution in [3.8, 4) is 0 Å². The van der Waals surface area contributed by atoms with E-state index in [0.717, 1.165) is 5.56 Å². The number of β-lactam (4-membered cyclic amide) rings is 1. The number of benzene rings is 1. The van der Waals surface area contributed by atoms with Gasteiger partial charge < -0.3 is 20.2 Å². The summed E-state index contributed by atoms with van der Waals surface area (Å²) in [4.78, 5) is 39.7. The van der Waals surface area contributed by atoms with Crippen LogP contribution in [0.15, 0.2) is 30.3 Å². The zero-order valence-electron chi connectivity index (χ0n) is 18.5. The second-order valence-corrected chi connectivity index (χ2v) is 10.6. The van der Waals surface area contributed by atoms with E-state index in [1.807, 2.05) is 44.2 Å². The number of piperidine rings is 1. The molecule has 0 radical (unpaired) electrons. The number of carbonyl (C=O) groups is 3. The third-order valence-electron chi connectivity index (χ3n) is 6.09. The van der Waals surface area contributed by atoms with Crippen LogP contribution in [0, 0.1) is 0 Å². The van der Waals surface area contributed by atoms with Gasteiger partial charge in [0, 0.05) is 4.75 Å². The lowest BCUT2D eigenvalue weighted by Gasteiger charge is -2.43. The molecular weight excluding hydrogens is 414 g/mol. The van der Waals surface area contributed by atoms with Gasteiger partial charge in [-0.15, -0.1) is 11.8 Å². The number of hydrogen-bond donors (Lipinski definition) is 2. The molecule has 3 unspecified atom stereocenters. The number of nitrogens with zero attached hydrogens (tertiary/aromatic N) is 2. The second kappa shape index (κ2) is 10.0. The Morgan fingerprint density at radius 1 is 1.16 bits per heavy atom. The van der Waals surface area contributed by atoms with Crippen LogP contribution in [0.2, 0.25) is 0 Å². The monoisotopic (exact) mass is 447 g/mol. The summed E-state index contributed by atoms with van der Waals surface area (Å²) in [5.41, 5.74) is 0.872. The van der Waals surface area contributed by atoms with E-state index in [1.54, 1.807) is 0 Å². The number of carbonyl (C=O) groups excluding carboxylic acids is 2. The number of thioether (sulfide) groups is 1. The Morgan fingerprint density at radius 2 is 1.81 bits per heavy atom. The molecule has 2 amide bonds. The molecule has 3 heterocycles. The molecule has 1 aromatic rings. The van der Waals surface area contributed by atoms with E-state index in [0.29, 0.717) is 0 Å².